The molecule has 5 heterocycles. The van der Waals surface area contributed by atoms with Crippen molar-refractivity contribution in [2.75, 3.05) is 50.6 Å². The normalized spacial score (nSPS) is 19.0. The Bertz CT molecular complexity index is 1700. The Labute approximate surface area is 274 Å². The highest BCUT2D eigenvalue weighted by atomic mass is 16.5. The summed E-state index contributed by atoms with van der Waals surface area (Å²) < 4.78 is 7.54. The van der Waals surface area contributed by atoms with Gasteiger partial charge in [-0.1, -0.05) is 6.92 Å². The second-order valence-electron chi connectivity index (χ2n) is 12.0. The van der Waals surface area contributed by atoms with Crippen LogP contribution in [0.15, 0.2) is 60.1 Å². The van der Waals surface area contributed by atoms with Gasteiger partial charge in [0, 0.05) is 61.1 Å². The number of nitrogens with one attached hydrogen (secondary N) is 1. The second kappa shape index (κ2) is 15.2. The Morgan fingerprint density at radius 2 is 1.96 bits per heavy atom. The molecule has 2 fully saturated rings. The van der Waals surface area contributed by atoms with E-state index in [4.69, 9.17) is 30.5 Å². The number of hydrogen-bond donors (Lipinski definition) is 5. The minimum atomic E-state index is -0.573. The van der Waals surface area contributed by atoms with Gasteiger partial charge >= 0.3 is 0 Å². The average molecular weight is 645 g/mol. The predicted molar refractivity (Wildman–Crippen MR) is 183 cm³/mol. The number of piperidine rings is 1. The van der Waals surface area contributed by atoms with Gasteiger partial charge in [0.25, 0.3) is 6.47 Å². The number of amidine groups is 1. The number of aromatic hydroxyl groups is 1. The van der Waals surface area contributed by atoms with E-state index in [9.17, 15) is 10.2 Å². The molecule has 4 aromatic rings. The van der Waals surface area contributed by atoms with Crippen LogP contribution in [0.3, 0.4) is 0 Å². The number of nitrogens with zero attached hydrogens (tertiary/aromatic N) is 6. The lowest BCUT2D eigenvalue weighted by Gasteiger charge is -2.37. The highest BCUT2D eigenvalue weighted by Gasteiger charge is 2.27. The highest BCUT2D eigenvalue weighted by molar-refractivity contribution is 6.06. The molecule has 250 valence electrons. The van der Waals surface area contributed by atoms with Crippen LogP contribution in [0.25, 0.3) is 16.6 Å². The number of aliphatic imine (C=N–C) groups is 1. The number of hydrogen-bond acceptors (Lipinski definition) is 10. The van der Waals surface area contributed by atoms with Crippen LogP contribution in [0.4, 0.5) is 17.1 Å². The first-order valence-corrected chi connectivity index (χ1v) is 15.9. The van der Waals surface area contributed by atoms with Crippen molar-refractivity contribution in [3.63, 3.8) is 0 Å². The number of pyridine rings is 1. The largest absolute Gasteiger partial charge is 0.508 e. The molecule has 0 spiro atoms. The third-order valence-electron chi connectivity index (χ3n) is 8.89. The number of benzene rings is 1. The number of rotatable bonds is 8. The van der Waals surface area contributed by atoms with Crippen molar-refractivity contribution < 1.29 is 24.9 Å². The van der Waals surface area contributed by atoms with Crippen molar-refractivity contribution in [3.05, 3.63) is 66.2 Å². The summed E-state index contributed by atoms with van der Waals surface area (Å²) in [5.41, 5.74) is 13.6. The van der Waals surface area contributed by atoms with Crippen molar-refractivity contribution in [2.24, 2.45) is 10.7 Å². The van der Waals surface area contributed by atoms with Crippen molar-refractivity contribution in [2.45, 2.75) is 50.8 Å². The summed E-state index contributed by atoms with van der Waals surface area (Å²) in [5, 5.41) is 35.9. The first kappa shape index (κ1) is 33.6. The number of aromatic nitrogens is 3. The maximum Gasteiger partial charge on any atom is 0.290 e. The SMILES string of the molecule is CCc1cc(O)ccc1N=C(N)c1cnn2cc(-c3cnccc3N3CCC(N(C)C)CC3)cc2c1N[C@H]1COCC[C@@H]1O.O=CO. The number of carbonyl (C=O) groups is 1. The molecule has 6 N–H and O–H groups in total. The predicted octanol–water partition coefficient (Wildman–Crippen LogP) is 3.49. The van der Waals surface area contributed by atoms with E-state index in [1.165, 1.54) is 0 Å². The maximum atomic E-state index is 10.8. The Morgan fingerprint density at radius 1 is 1.19 bits per heavy atom. The molecule has 0 aliphatic carbocycles. The lowest BCUT2D eigenvalue weighted by Crippen LogP contribution is -2.42. The van der Waals surface area contributed by atoms with E-state index in [0.29, 0.717) is 43.3 Å². The minimum absolute atomic E-state index is 0.189. The third kappa shape index (κ3) is 7.64. The molecule has 1 aromatic carbocycles. The highest BCUT2D eigenvalue weighted by Crippen LogP contribution is 2.36. The van der Waals surface area contributed by atoms with E-state index in [1.54, 1.807) is 24.4 Å². The van der Waals surface area contributed by atoms with Crippen LogP contribution < -0.4 is 16.0 Å². The summed E-state index contributed by atoms with van der Waals surface area (Å²) in [6, 6.07) is 9.52. The van der Waals surface area contributed by atoms with Crippen LogP contribution in [0.1, 0.15) is 37.3 Å². The fourth-order valence-corrected chi connectivity index (χ4v) is 6.26. The van der Waals surface area contributed by atoms with Crippen LogP contribution in [0, 0.1) is 0 Å². The van der Waals surface area contributed by atoms with Gasteiger partial charge in [0.1, 0.15) is 11.6 Å². The second-order valence-corrected chi connectivity index (χ2v) is 12.0. The zero-order chi connectivity index (χ0) is 33.5. The number of phenols is 1. The molecule has 47 heavy (non-hydrogen) atoms. The molecule has 0 radical (unpaired) electrons. The van der Waals surface area contributed by atoms with Gasteiger partial charge in [-0.3, -0.25) is 9.78 Å². The summed E-state index contributed by atoms with van der Waals surface area (Å²) in [4.78, 5) is 22.4. The molecule has 13 heteroatoms. The Morgan fingerprint density at radius 3 is 2.66 bits per heavy atom. The number of anilines is 2. The lowest BCUT2D eigenvalue weighted by atomic mass is 10.0. The minimum Gasteiger partial charge on any atom is -0.508 e. The van der Waals surface area contributed by atoms with E-state index in [1.807, 2.05) is 30.0 Å². The molecule has 2 atom stereocenters. The van der Waals surface area contributed by atoms with E-state index < -0.39 is 6.10 Å². The molecule has 2 saturated heterocycles. The van der Waals surface area contributed by atoms with Gasteiger partial charge in [0.15, 0.2) is 0 Å². The zero-order valence-electron chi connectivity index (χ0n) is 27.1. The maximum absolute atomic E-state index is 10.8. The van der Waals surface area contributed by atoms with Crippen molar-refractivity contribution in [3.8, 4) is 16.9 Å². The molecular formula is C34H44N8O5. The summed E-state index contributed by atoms with van der Waals surface area (Å²) in [7, 11) is 4.31. The average Bonchev–Trinajstić information content (AvgIpc) is 3.52. The molecule has 2 aliphatic heterocycles. The quantitative estimate of drug-likeness (QED) is 0.108. The molecule has 2 aliphatic rings. The number of phenolic OH excluding ortho intramolecular Hbond substituents is 1. The summed E-state index contributed by atoms with van der Waals surface area (Å²) >= 11 is 0. The Hall–Kier alpha value is -4.72. The molecule has 3 aromatic heterocycles. The Kier molecular flexibility index (Phi) is 10.9. The summed E-state index contributed by atoms with van der Waals surface area (Å²) in [6.07, 6.45) is 10.4. The van der Waals surface area contributed by atoms with Crippen LogP contribution in [-0.2, 0) is 16.0 Å². The first-order chi connectivity index (χ1) is 22.7. The Balaban J connectivity index is 0.00000139. The first-order valence-electron chi connectivity index (χ1n) is 15.9. The summed E-state index contributed by atoms with van der Waals surface area (Å²) in [6.45, 7) is 4.60. The monoisotopic (exact) mass is 644 g/mol. The number of aliphatic hydroxyl groups excluding tert-OH is 1. The van der Waals surface area contributed by atoms with Gasteiger partial charge in [0.05, 0.1) is 47.4 Å². The van der Waals surface area contributed by atoms with Crippen molar-refractivity contribution in [1.29, 1.82) is 0 Å². The standard InChI is InChI=1S/C33H42N8O3.CH2O2/c1-4-21-15-24(42)5-6-27(21)38-33(34)26-18-36-41-19-22(16-30(41)32(26)37-28-20-44-14-10-31(28)43)25-17-35-11-7-29(25)40-12-8-23(9-13-40)39(2)3;2-1-3/h5-7,11,15-19,23,28,31,37,42-43H,4,8-10,12-14,20H2,1-3H3,(H2,34,38);1H,(H,2,3)/t28-,31-;/m0./s1. The van der Waals surface area contributed by atoms with Crippen LogP contribution in [0.2, 0.25) is 0 Å². The van der Waals surface area contributed by atoms with Gasteiger partial charge in [0.2, 0.25) is 0 Å². The van der Waals surface area contributed by atoms with E-state index in [-0.39, 0.29) is 24.1 Å². The molecule has 0 saturated carbocycles. The molecular weight excluding hydrogens is 600 g/mol. The van der Waals surface area contributed by atoms with Gasteiger partial charge in [-0.15, -0.1) is 0 Å². The lowest BCUT2D eigenvalue weighted by molar-refractivity contribution is -0.122. The fourth-order valence-electron chi connectivity index (χ4n) is 6.26. The van der Waals surface area contributed by atoms with Crippen molar-refractivity contribution >= 4 is 34.9 Å². The van der Waals surface area contributed by atoms with Gasteiger partial charge in [-0.2, -0.15) is 5.10 Å². The molecule has 6 rings (SSSR count). The molecule has 0 bridgehead atoms. The number of carboxylic acid groups (broad SMARTS) is 1. The van der Waals surface area contributed by atoms with E-state index in [0.717, 1.165) is 59.5 Å². The van der Waals surface area contributed by atoms with Crippen LogP contribution in [-0.4, -0.2) is 106 Å². The van der Waals surface area contributed by atoms with Crippen LogP contribution in [0.5, 0.6) is 5.75 Å². The number of ether oxygens (including phenoxy) is 1. The fraction of sp³-hybridized carbons (Fsp3) is 0.412. The van der Waals surface area contributed by atoms with Crippen LogP contribution >= 0.6 is 0 Å². The number of nitrogens with two attached hydrogens (primary N) is 1. The third-order valence-corrected chi connectivity index (χ3v) is 8.89. The van der Waals surface area contributed by atoms with E-state index >= 15 is 0 Å². The van der Waals surface area contributed by atoms with E-state index in [2.05, 4.69) is 46.3 Å². The van der Waals surface area contributed by atoms with Gasteiger partial charge < -0.3 is 40.9 Å². The number of aliphatic hydroxyl groups is 1. The van der Waals surface area contributed by atoms with Gasteiger partial charge in [-0.25, -0.2) is 9.51 Å². The number of aryl methyl sites for hydroxylation is 1. The molecule has 0 unspecified atom stereocenters. The smallest absolute Gasteiger partial charge is 0.290 e. The topological polar surface area (TPSA) is 174 Å². The molecule has 13 nitrogen and oxygen atoms in total. The summed E-state index contributed by atoms with van der Waals surface area (Å²) in [5.74, 6) is 0.469. The number of fused-ring (bicyclic) bond motifs is 1. The van der Waals surface area contributed by atoms with Crippen molar-refractivity contribution in [1.82, 2.24) is 19.5 Å². The molecule has 0 amide bonds. The van der Waals surface area contributed by atoms with Gasteiger partial charge in [-0.05, 0) is 75.7 Å². The zero-order valence-corrected chi connectivity index (χ0v) is 27.1.